The van der Waals surface area contributed by atoms with Crippen molar-refractivity contribution in [2.75, 3.05) is 11.4 Å². The predicted octanol–water partition coefficient (Wildman–Crippen LogP) is -0.718. The number of rotatable bonds is 4. The number of carbonyl (C=O) groups excluding carboxylic acids is 1. The van der Waals surface area contributed by atoms with Crippen molar-refractivity contribution >= 4 is 21.8 Å². The number of aromatic amines is 1. The zero-order chi connectivity index (χ0) is 14.0. The molecule has 0 aromatic carbocycles. The second-order valence-electron chi connectivity index (χ2n) is 3.63. The number of pyridine rings is 1. The van der Waals surface area contributed by atoms with Gasteiger partial charge >= 0.3 is 10.0 Å². The SMILES string of the molecule is CN(c1cccc[nH+]1)S(=O)(=O)c1ccc(C(=O)[O-])o1. The number of hydrogen-bond donors (Lipinski definition) is 0. The van der Waals surface area contributed by atoms with Gasteiger partial charge in [0.05, 0.1) is 13.2 Å². The van der Waals surface area contributed by atoms with E-state index in [4.69, 9.17) is 4.42 Å². The van der Waals surface area contributed by atoms with E-state index in [2.05, 4.69) is 4.98 Å². The molecular weight excluding hydrogens is 272 g/mol. The molecule has 0 saturated heterocycles. The van der Waals surface area contributed by atoms with Crippen LogP contribution in [0, 0.1) is 0 Å². The lowest BCUT2D eigenvalue weighted by molar-refractivity contribution is -0.362. The Morgan fingerprint density at radius 2 is 2.05 bits per heavy atom. The summed E-state index contributed by atoms with van der Waals surface area (Å²) in [6.45, 7) is 0. The largest absolute Gasteiger partial charge is 0.542 e. The molecule has 0 spiro atoms. The lowest BCUT2D eigenvalue weighted by Gasteiger charge is -2.08. The second kappa shape index (κ2) is 4.73. The smallest absolute Gasteiger partial charge is 0.364 e. The maximum absolute atomic E-state index is 12.2. The minimum absolute atomic E-state index is 0.314. The summed E-state index contributed by atoms with van der Waals surface area (Å²) in [6, 6.07) is 7.02. The standard InChI is InChI=1S/C11H10N2O5S/c1-13(9-4-2-3-7-12-9)19(16,17)10-6-5-8(18-10)11(14)15/h2-7H,1H3,(H,14,15). The maximum atomic E-state index is 12.2. The molecule has 0 amide bonds. The van der Waals surface area contributed by atoms with E-state index in [1.165, 1.54) is 7.05 Å². The number of aromatic carboxylic acids is 1. The predicted molar refractivity (Wildman–Crippen MR) is 61.6 cm³/mol. The van der Waals surface area contributed by atoms with Crippen LogP contribution in [0.25, 0.3) is 0 Å². The molecule has 7 nitrogen and oxygen atoms in total. The van der Waals surface area contributed by atoms with Crippen LogP contribution in [-0.2, 0) is 10.0 Å². The summed E-state index contributed by atoms with van der Waals surface area (Å²) in [7, 11) is -2.64. The monoisotopic (exact) mass is 282 g/mol. The van der Waals surface area contributed by atoms with E-state index in [0.29, 0.717) is 5.82 Å². The molecule has 0 fully saturated rings. The summed E-state index contributed by atoms with van der Waals surface area (Å²) in [5.74, 6) is -1.80. The molecule has 0 bridgehead atoms. The van der Waals surface area contributed by atoms with Crippen LogP contribution in [0.4, 0.5) is 5.82 Å². The Morgan fingerprint density at radius 3 is 2.58 bits per heavy atom. The molecule has 0 aliphatic heterocycles. The summed E-state index contributed by atoms with van der Waals surface area (Å²) >= 11 is 0. The Hall–Kier alpha value is -2.35. The first-order valence-corrected chi connectivity index (χ1v) is 6.64. The minimum atomic E-state index is -3.96. The van der Waals surface area contributed by atoms with Gasteiger partial charge in [0, 0.05) is 12.1 Å². The van der Waals surface area contributed by atoms with E-state index in [1.807, 2.05) is 0 Å². The van der Waals surface area contributed by atoms with Crippen molar-refractivity contribution in [1.29, 1.82) is 0 Å². The summed E-state index contributed by atoms with van der Waals surface area (Å²) in [5, 5.41) is 10.1. The van der Waals surface area contributed by atoms with Crippen LogP contribution >= 0.6 is 0 Å². The molecule has 0 saturated carbocycles. The van der Waals surface area contributed by atoms with Crippen LogP contribution in [0.15, 0.2) is 46.0 Å². The van der Waals surface area contributed by atoms with Crippen LogP contribution in [0.2, 0.25) is 0 Å². The fourth-order valence-corrected chi connectivity index (χ4v) is 2.49. The van der Waals surface area contributed by atoms with Crippen molar-refractivity contribution in [2.24, 2.45) is 0 Å². The number of carboxylic acid groups (broad SMARTS) is 1. The Labute approximate surface area is 109 Å². The number of nitrogens with one attached hydrogen (secondary N) is 1. The number of hydrogen-bond acceptors (Lipinski definition) is 5. The van der Waals surface area contributed by atoms with E-state index in [9.17, 15) is 18.3 Å². The fraction of sp³-hybridized carbons (Fsp3) is 0.0909. The fourth-order valence-electron chi connectivity index (χ4n) is 1.41. The minimum Gasteiger partial charge on any atom is -0.542 e. The van der Waals surface area contributed by atoms with Crippen LogP contribution in [0.3, 0.4) is 0 Å². The van der Waals surface area contributed by atoms with Gasteiger partial charge in [0.1, 0.15) is 5.97 Å². The van der Waals surface area contributed by atoms with Gasteiger partial charge in [-0.05, 0) is 12.1 Å². The quantitative estimate of drug-likeness (QED) is 0.736. The molecule has 2 aromatic rings. The molecule has 0 unspecified atom stereocenters. The van der Waals surface area contributed by atoms with Crippen LogP contribution in [0.1, 0.15) is 10.6 Å². The van der Waals surface area contributed by atoms with Gasteiger partial charge in [-0.25, -0.2) is 4.98 Å². The molecule has 0 atom stereocenters. The highest BCUT2D eigenvalue weighted by Crippen LogP contribution is 2.20. The molecule has 100 valence electrons. The summed E-state index contributed by atoms with van der Waals surface area (Å²) < 4.78 is 30.0. The van der Waals surface area contributed by atoms with Crippen molar-refractivity contribution in [2.45, 2.75) is 5.09 Å². The third kappa shape index (κ3) is 2.43. The van der Waals surface area contributed by atoms with E-state index in [1.54, 1.807) is 24.4 Å². The number of carboxylic acids is 1. The molecule has 0 aliphatic rings. The molecule has 1 N–H and O–H groups in total. The third-order valence-electron chi connectivity index (χ3n) is 2.43. The van der Waals surface area contributed by atoms with Crippen LogP contribution in [-0.4, -0.2) is 21.4 Å². The van der Waals surface area contributed by atoms with E-state index >= 15 is 0 Å². The lowest BCUT2D eigenvalue weighted by atomic mass is 10.5. The van der Waals surface area contributed by atoms with Crippen molar-refractivity contribution in [1.82, 2.24) is 0 Å². The van der Waals surface area contributed by atoms with Crippen molar-refractivity contribution < 1.29 is 27.7 Å². The summed E-state index contributed by atoms with van der Waals surface area (Å²) in [6.07, 6.45) is 1.57. The number of carbonyl (C=O) groups is 1. The second-order valence-corrected chi connectivity index (χ2v) is 5.53. The van der Waals surface area contributed by atoms with Gasteiger partial charge in [0.25, 0.3) is 10.9 Å². The maximum Gasteiger partial charge on any atom is 0.364 e. The number of anilines is 1. The Morgan fingerprint density at radius 1 is 1.32 bits per heavy atom. The molecule has 0 radical (unpaired) electrons. The Balaban J connectivity index is 2.39. The van der Waals surface area contributed by atoms with Gasteiger partial charge < -0.3 is 14.3 Å². The number of aromatic nitrogens is 1. The average Bonchev–Trinajstić information content (AvgIpc) is 2.89. The molecule has 19 heavy (non-hydrogen) atoms. The Bertz CT molecular complexity index is 693. The van der Waals surface area contributed by atoms with Gasteiger partial charge in [0.15, 0.2) is 5.76 Å². The first-order chi connectivity index (χ1) is 8.93. The van der Waals surface area contributed by atoms with E-state index in [0.717, 1.165) is 16.4 Å². The number of sulfonamides is 1. The van der Waals surface area contributed by atoms with Crippen LogP contribution < -0.4 is 14.4 Å². The molecule has 2 rings (SSSR count). The highest BCUT2D eigenvalue weighted by atomic mass is 32.2. The lowest BCUT2D eigenvalue weighted by Crippen LogP contribution is -2.31. The Kier molecular flexibility index (Phi) is 3.26. The van der Waals surface area contributed by atoms with Gasteiger partial charge in [-0.2, -0.15) is 8.42 Å². The van der Waals surface area contributed by atoms with Gasteiger partial charge in [0.2, 0.25) is 0 Å². The zero-order valence-corrected chi connectivity index (χ0v) is 10.7. The zero-order valence-electron chi connectivity index (χ0n) is 9.86. The van der Waals surface area contributed by atoms with Crippen LogP contribution in [0.5, 0.6) is 0 Å². The first kappa shape index (κ1) is 13.1. The third-order valence-corrected chi connectivity index (χ3v) is 4.07. The van der Waals surface area contributed by atoms with Gasteiger partial charge in [-0.3, -0.25) is 0 Å². The highest BCUT2D eigenvalue weighted by molar-refractivity contribution is 7.92. The molecule has 0 aliphatic carbocycles. The number of nitrogens with zero attached hydrogens (tertiary/aromatic N) is 1. The van der Waals surface area contributed by atoms with Crippen molar-refractivity contribution in [3.05, 3.63) is 42.3 Å². The van der Waals surface area contributed by atoms with Gasteiger partial charge in [-0.15, -0.1) is 4.31 Å². The van der Waals surface area contributed by atoms with Crippen molar-refractivity contribution in [3.63, 3.8) is 0 Å². The van der Waals surface area contributed by atoms with Crippen molar-refractivity contribution in [3.8, 4) is 0 Å². The molecule has 8 heteroatoms. The molecule has 2 heterocycles. The van der Waals surface area contributed by atoms with E-state index in [-0.39, 0.29) is 0 Å². The average molecular weight is 282 g/mol. The first-order valence-electron chi connectivity index (χ1n) is 5.20. The normalized spacial score (nSPS) is 11.2. The molecule has 2 aromatic heterocycles. The number of furan rings is 1. The van der Waals surface area contributed by atoms with Gasteiger partial charge in [-0.1, -0.05) is 6.07 Å². The molecular formula is C11H10N2O5S. The number of H-pyrrole nitrogens is 1. The topological polar surface area (TPSA) is 105 Å². The highest BCUT2D eigenvalue weighted by Gasteiger charge is 2.31. The van der Waals surface area contributed by atoms with E-state index < -0.39 is 26.8 Å². The summed E-state index contributed by atoms with van der Waals surface area (Å²) in [4.78, 5) is 13.3. The summed E-state index contributed by atoms with van der Waals surface area (Å²) in [5.41, 5.74) is 0.